The first-order valence-corrected chi connectivity index (χ1v) is 10.4. The summed E-state index contributed by atoms with van der Waals surface area (Å²) in [5.41, 5.74) is 3.02. The van der Waals surface area contributed by atoms with Crippen molar-refractivity contribution in [1.29, 1.82) is 0 Å². The number of nitrogens with one attached hydrogen (secondary N) is 1. The number of phenolic OH excluding ortho intramolecular Hbond substituents is 1. The predicted molar refractivity (Wildman–Crippen MR) is 133 cm³/mol. The van der Waals surface area contributed by atoms with E-state index in [1.807, 2.05) is 48.6 Å². The topological polar surface area (TPSA) is 86.3 Å². The molecule has 0 fully saturated rings. The molecule has 7 heteroatoms. The summed E-state index contributed by atoms with van der Waals surface area (Å²) in [5.74, 6) is 1.69. The van der Waals surface area contributed by atoms with Gasteiger partial charge in [0.1, 0.15) is 0 Å². The van der Waals surface area contributed by atoms with Crippen LogP contribution in [-0.4, -0.2) is 39.3 Å². The van der Waals surface area contributed by atoms with Gasteiger partial charge in [-0.25, -0.2) is 0 Å². The van der Waals surface area contributed by atoms with Crippen LogP contribution in [0.4, 0.5) is 5.69 Å². The number of aromatic hydroxyl groups is 1. The first kappa shape index (κ1) is 24.3. The van der Waals surface area contributed by atoms with Crippen molar-refractivity contribution in [3.8, 4) is 28.7 Å². The molecule has 0 aliphatic rings. The highest BCUT2D eigenvalue weighted by molar-refractivity contribution is 6.05. The third-order valence-electron chi connectivity index (χ3n) is 4.99. The van der Waals surface area contributed by atoms with E-state index in [4.69, 9.17) is 18.9 Å². The van der Waals surface area contributed by atoms with Crippen molar-refractivity contribution < 1.29 is 28.8 Å². The highest BCUT2D eigenvalue weighted by Crippen LogP contribution is 2.38. The molecule has 0 unspecified atom stereocenters. The lowest BCUT2D eigenvalue weighted by Crippen LogP contribution is -1.97. The molecule has 3 aromatic rings. The van der Waals surface area contributed by atoms with Gasteiger partial charge in [0, 0.05) is 23.5 Å². The monoisotopic (exact) mass is 461 g/mol. The minimum atomic E-state index is -0.246. The van der Waals surface area contributed by atoms with Crippen LogP contribution in [0.15, 0.2) is 66.9 Å². The molecular formula is C27H27NO6. The third-order valence-corrected chi connectivity index (χ3v) is 4.99. The van der Waals surface area contributed by atoms with Gasteiger partial charge in [0.05, 0.1) is 28.4 Å². The lowest BCUT2D eigenvalue weighted by atomic mass is 10.1. The standard InChI is InChI=1S/C27H27NO6/c1-31-24-11-10-20(17-23(24)30)22(29)12-13-28-21-7-5-6-18(14-21)8-9-19-15-25(32-2)27(34-4)26(16-19)33-3/h5-17,28,30H,1-4H3/b9-8-,13-12-. The van der Waals surface area contributed by atoms with Crippen LogP contribution < -0.4 is 24.3 Å². The van der Waals surface area contributed by atoms with E-state index in [9.17, 15) is 9.90 Å². The number of ether oxygens (including phenoxy) is 4. The fourth-order valence-electron chi connectivity index (χ4n) is 3.28. The van der Waals surface area contributed by atoms with Gasteiger partial charge in [-0.3, -0.25) is 4.79 Å². The molecule has 2 N–H and O–H groups in total. The number of carbonyl (C=O) groups excluding carboxylic acids is 1. The Bertz CT molecular complexity index is 1190. The first-order chi connectivity index (χ1) is 16.5. The SMILES string of the molecule is COc1ccc(C(=O)/C=C\Nc2cccc(/C=C\c3cc(OC)c(OC)c(OC)c3)c2)cc1O. The zero-order chi connectivity index (χ0) is 24.5. The van der Waals surface area contributed by atoms with Crippen molar-refractivity contribution in [3.05, 3.63) is 83.6 Å². The number of carbonyl (C=O) groups is 1. The Balaban J connectivity index is 1.70. The minimum absolute atomic E-state index is 0.0821. The van der Waals surface area contributed by atoms with Crippen LogP contribution in [0.3, 0.4) is 0 Å². The molecule has 0 aliphatic carbocycles. The number of anilines is 1. The van der Waals surface area contributed by atoms with Crippen molar-refractivity contribution in [2.75, 3.05) is 33.8 Å². The molecule has 0 aliphatic heterocycles. The van der Waals surface area contributed by atoms with Crippen molar-refractivity contribution >= 4 is 23.6 Å². The molecule has 0 bridgehead atoms. The lowest BCUT2D eigenvalue weighted by molar-refractivity contribution is 0.104. The summed E-state index contributed by atoms with van der Waals surface area (Å²) in [4.78, 5) is 12.3. The van der Waals surface area contributed by atoms with E-state index in [0.29, 0.717) is 28.6 Å². The second-order valence-electron chi connectivity index (χ2n) is 7.15. The van der Waals surface area contributed by atoms with Gasteiger partial charge in [0.2, 0.25) is 5.75 Å². The largest absolute Gasteiger partial charge is 0.504 e. The Kier molecular flexibility index (Phi) is 8.18. The number of ketones is 1. The molecule has 0 radical (unpaired) electrons. The molecule has 7 nitrogen and oxygen atoms in total. The van der Waals surface area contributed by atoms with Gasteiger partial charge >= 0.3 is 0 Å². The third kappa shape index (κ3) is 5.89. The molecule has 0 atom stereocenters. The van der Waals surface area contributed by atoms with Crippen molar-refractivity contribution in [1.82, 2.24) is 0 Å². The first-order valence-electron chi connectivity index (χ1n) is 10.4. The maximum atomic E-state index is 12.3. The quantitative estimate of drug-likeness (QED) is 0.237. The molecule has 0 aromatic heterocycles. The number of benzene rings is 3. The van der Waals surface area contributed by atoms with Gasteiger partial charge in [-0.15, -0.1) is 0 Å². The average molecular weight is 462 g/mol. The number of methoxy groups -OCH3 is 4. The summed E-state index contributed by atoms with van der Waals surface area (Å²) >= 11 is 0. The number of hydrogen-bond acceptors (Lipinski definition) is 7. The van der Waals surface area contributed by atoms with Crippen LogP contribution in [0.2, 0.25) is 0 Å². The van der Waals surface area contributed by atoms with Crippen LogP contribution in [0, 0.1) is 0 Å². The number of hydrogen-bond donors (Lipinski definition) is 2. The van der Waals surface area contributed by atoms with E-state index in [0.717, 1.165) is 16.8 Å². The van der Waals surface area contributed by atoms with E-state index in [1.54, 1.807) is 39.7 Å². The van der Waals surface area contributed by atoms with E-state index in [-0.39, 0.29) is 11.5 Å². The van der Waals surface area contributed by atoms with Crippen LogP contribution >= 0.6 is 0 Å². The fraction of sp³-hybridized carbons (Fsp3) is 0.148. The molecular weight excluding hydrogens is 434 g/mol. The molecule has 0 heterocycles. The number of phenols is 1. The minimum Gasteiger partial charge on any atom is -0.504 e. The Morgan fingerprint density at radius 2 is 1.47 bits per heavy atom. The van der Waals surface area contributed by atoms with Gasteiger partial charge in [-0.1, -0.05) is 24.3 Å². The Labute approximate surface area is 198 Å². The van der Waals surface area contributed by atoms with E-state index in [2.05, 4.69) is 5.32 Å². The van der Waals surface area contributed by atoms with Gasteiger partial charge < -0.3 is 29.4 Å². The van der Waals surface area contributed by atoms with Crippen molar-refractivity contribution in [2.45, 2.75) is 0 Å². The summed E-state index contributed by atoms with van der Waals surface area (Å²) in [6, 6.07) is 16.0. The maximum Gasteiger partial charge on any atom is 0.203 e. The fourth-order valence-corrected chi connectivity index (χ4v) is 3.28. The zero-order valence-electron chi connectivity index (χ0n) is 19.5. The lowest BCUT2D eigenvalue weighted by Gasteiger charge is -2.12. The van der Waals surface area contributed by atoms with Crippen molar-refractivity contribution in [2.24, 2.45) is 0 Å². The summed E-state index contributed by atoms with van der Waals surface area (Å²) in [6.07, 6.45) is 6.87. The zero-order valence-corrected chi connectivity index (χ0v) is 19.5. The average Bonchev–Trinajstić information content (AvgIpc) is 2.86. The second-order valence-corrected chi connectivity index (χ2v) is 7.15. The highest BCUT2D eigenvalue weighted by atomic mass is 16.5. The summed E-state index contributed by atoms with van der Waals surface area (Å²) in [7, 11) is 6.18. The maximum absolute atomic E-state index is 12.3. The van der Waals surface area contributed by atoms with Gasteiger partial charge in [-0.05, 0) is 53.6 Å². The van der Waals surface area contributed by atoms with Crippen molar-refractivity contribution in [3.63, 3.8) is 0 Å². The van der Waals surface area contributed by atoms with E-state index >= 15 is 0 Å². The molecule has 34 heavy (non-hydrogen) atoms. The summed E-state index contributed by atoms with van der Waals surface area (Å²) in [5, 5.41) is 12.9. The molecule has 0 saturated carbocycles. The molecule has 0 amide bonds. The molecule has 0 saturated heterocycles. The van der Waals surface area contributed by atoms with Crippen LogP contribution in [0.5, 0.6) is 28.7 Å². The van der Waals surface area contributed by atoms with Gasteiger partial charge in [0.25, 0.3) is 0 Å². The van der Waals surface area contributed by atoms with Gasteiger partial charge in [-0.2, -0.15) is 0 Å². The number of allylic oxidation sites excluding steroid dienone is 1. The highest BCUT2D eigenvalue weighted by Gasteiger charge is 2.12. The second kappa shape index (κ2) is 11.5. The van der Waals surface area contributed by atoms with Crippen LogP contribution in [-0.2, 0) is 0 Å². The number of rotatable bonds is 10. The van der Waals surface area contributed by atoms with E-state index < -0.39 is 0 Å². The predicted octanol–water partition coefficient (Wildman–Crippen LogP) is 5.41. The summed E-state index contributed by atoms with van der Waals surface area (Å²) in [6.45, 7) is 0. The van der Waals surface area contributed by atoms with Crippen LogP contribution in [0.1, 0.15) is 21.5 Å². The van der Waals surface area contributed by atoms with Crippen LogP contribution in [0.25, 0.3) is 12.2 Å². The van der Waals surface area contributed by atoms with E-state index in [1.165, 1.54) is 19.3 Å². The normalized spacial score (nSPS) is 10.9. The molecule has 3 rings (SSSR count). The smallest absolute Gasteiger partial charge is 0.203 e. The Morgan fingerprint density at radius 3 is 2.09 bits per heavy atom. The molecule has 0 spiro atoms. The summed E-state index contributed by atoms with van der Waals surface area (Å²) < 4.78 is 21.2. The van der Waals surface area contributed by atoms with Gasteiger partial charge in [0.15, 0.2) is 28.8 Å². The molecule has 3 aromatic carbocycles. The Morgan fingerprint density at radius 1 is 0.794 bits per heavy atom. The Hall–Kier alpha value is -4.39. The molecule has 176 valence electrons.